The van der Waals surface area contributed by atoms with E-state index < -0.39 is 11.9 Å². The molecule has 2 rings (SSSR count). The zero-order chi connectivity index (χ0) is 13.8. The van der Waals surface area contributed by atoms with E-state index in [4.69, 9.17) is 23.2 Å². The van der Waals surface area contributed by atoms with Crippen molar-refractivity contribution >= 4 is 28.9 Å². The lowest BCUT2D eigenvalue weighted by molar-refractivity contribution is 0.191. The molecule has 0 amide bonds. The van der Waals surface area contributed by atoms with Crippen LogP contribution >= 0.6 is 23.2 Å². The summed E-state index contributed by atoms with van der Waals surface area (Å²) in [6.07, 6.45) is -0.770. The predicted molar refractivity (Wildman–Crippen MR) is 76.3 cm³/mol. The maximum absolute atomic E-state index is 13.5. The van der Waals surface area contributed by atoms with Gasteiger partial charge in [-0.2, -0.15) is 0 Å². The van der Waals surface area contributed by atoms with Gasteiger partial charge < -0.3 is 10.4 Å². The van der Waals surface area contributed by atoms with Crippen molar-refractivity contribution in [3.63, 3.8) is 0 Å². The Hall–Kier alpha value is -1.29. The van der Waals surface area contributed by atoms with Crippen molar-refractivity contribution in [1.82, 2.24) is 0 Å². The van der Waals surface area contributed by atoms with Gasteiger partial charge in [-0.3, -0.25) is 0 Å². The lowest BCUT2D eigenvalue weighted by Crippen LogP contribution is -2.13. The van der Waals surface area contributed by atoms with Gasteiger partial charge in [-0.15, -0.1) is 0 Å². The largest absolute Gasteiger partial charge is 0.387 e. The molecule has 19 heavy (non-hydrogen) atoms. The van der Waals surface area contributed by atoms with Crippen LogP contribution in [-0.4, -0.2) is 11.7 Å². The molecule has 100 valence electrons. The van der Waals surface area contributed by atoms with Crippen molar-refractivity contribution in [2.75, 3.05) is 11.9 Å². The van der Waals surface area contributed by atoms with Crippen molar-refractivity contribution in [3.8, 4) is 0 Å². The molecule has 0 spiro atoms. The molecule has 0 aliphatic carbocycles. The molecule has 2 aromatic carbocycles. The normalized spacial score (nSPS) is 12.2. The van der Waals surface area contributed by atoms with Crippen molar-refractivity contribution in [2.45, 2.75) is 6.10 Å². The average Bonchev–Trinajstić information content (AvgIpc) is 2.38. The van der Waals surface area contributed by atoms with Gasteiger partial charge in [0.2, 0.25) is 0 Å². The molecule has 2 N–H and O–H groups in total. The molecule has 2 aromatic rings. The van der Waals surface area contributed by atoms with Crippen LogP contribution in [0, 0.1) is 5.82 Å². The molecule has 0 aromatic heterocycles. The summed E-state index contributed by atoms with van der Waals surface area (Å²) in [5.41, 5.74) is 0.890. The lowest BCUT2D eigenvalue weighted by Gasteiger charge is -2.14. The van der Waals surface area contributed by atoms with E-state index in [1.165, 1.54) is 12.1 Å². The van der Waals surface area contributed by atoms with E-state index in [9.17, 15) is 9.50 Å². The Bertz CT molecular complexity index is 540. The molecule has 0 heterocycles. The molecular formula is C14H12Cl2FNO. The standard InChI is InChI=1S/C14H12Cl2FNO/c15-10-6-4-9(5-7-10)13(19)8-18-14-11(16)2-1-3-12(14)17/h1-7,13,18-19H,8H2. The second-order valence-electron chi connectivity index (χ2n) is 4.04. The maximum Gasteiger partial charge on any atom is 0.147 e. The Morgan fingerprint density at radius 2 is 1.79 bits per heavy atom. The van der Waals surface area contributed by atoms with Gasteiger partial charge in [-0.05, 0) is 29.8 Å². The molecule has 0 saturated heterocycles. The van der Waals surface area contributed by atoms with E-state index in [-0.39, 0.29) is 17.3 Å². The van der Waals surface area contributed by atoms with Gasteiger partial charge in [-0.1, -0.05) is 41.4 Å². The predicted octanol–water partition coefficient (Wildman–Crippen LogP) is 4.28. The third kappa shape index (κ3) is 3.60. The average molecular weight is 300 g/mol. The summed E-state index contributed by atoms with van der Waals surface area (Å²) in [5, 5.41) is 13.7. The molecule has 0 fully saturated rings. The van der Waals surface area contributed by atoms with Crippen molar-refractivity contribution in [3.05, 3.63) is 63.9 Å². The zero-order valence-corrected chi connectivity index (χ0v) is 11.4. The summed E-state index contributed by atoms with van der Waals surface area (Å²) >= 11 is 11.6. The minimum atomic E-state index is -0.770. The lowest BCUT2D eigenvalue weighted by atomic mass is 10.1. The first-order chi connectivity index (χ1) is 9.08. The van der Waals surface area contributed by atoms with Crippen LogP contribution in [0.2, 0.25) is 10.0 Å². The topological polar surface area (TPSA) is 32.3 Å². The minimum absolute atomic E-state index is 0.155. The van der Waals surface area contributed by atoms with Crippen LogP contribution in [0.5, 0.6) is 0 Å². The molecular weight excluding hydrogens is 288 g/mol. The summed E-state index contributed by atoms with van der Waals surface area (Å²) in [6, 6.07) is 11.2. The summed E-state index contributed by atoms with van der Waals surface area (Å²) in [6.45, 7) is 0.155. The first-order valence-electron chi connectivity index (χ1n) is 5.69. The SMILES string of the molecule is OC(CNc1c(F)cccc1Cl)c1ccc(Cl)cc1. The summed E-state index contributed by atoms with van der Waals surface area (Å²) < 4.78 is 13.5. The number of aliphatic hydroxyl groups is 1. The van der Waals surface area contributed by atoms with E-state index in [1.807, 2.05) is 0 Å². The number of para-hydroxylation sites is 1. The number of aliphatic hydroxyl groups excluding tert-OH is 1. The third-order valence-corrected chi connectivity index (χ3v) is 3.26. The molecule has 0 saturated carbocycles. The number of halogens is 3. The Labute approximate surface area is 120 Å². The van der Waals surface area contributed by atoms with Crippen molar-refractivity contribution in [1.29, 1.82) is 0 Å². The fraction of sp³-hybridized carbons (Fsp3) is 0.143. The minimum Gasteiger partial charge on any atom is -0.387 e. The Balaban J connectivity index is 2.04. The number of nitrogens with one attached hydrogen (secondary N) is 1. The number of hydrogen-bond acceptors (Lipinski definition) is 2. The van der Waals surface area contributed by atoms with E-state index in [0.717, 1.165) is 0 Å². The van der Waals surface area contributed by atoms with Crippen LogP contribution in [0.15, 0.2) is 42.5 Å². The molecule has 1 atom stereocenters. The number of rotatable bonds is 4. The molecule has 1 unspecified atom stereocenters. The van der Waals surface area contributed by atoms with Crippen LogP contribution < -0.4 is 5.32 Å². The second-order valence-corrected chi connectivity index (χ2v) is 4.89. The third-order valence-electron chi connectivity index (χ3n) is 2.69. The molecule has 0 aliphatic heterocycles. The fourth-order valence-electron chi connectivity index (χ4n) is 1.67. The Morgan fingerprint density at radius 1 is 1.11 bits per heavy atom. The van der Waals surface area contributed by atoms with Crippen LogP contribution in [0.4, 0.5) is 10.1 Å². The summed E-state index contributed by atoms with van der Waals surface area (Å²) in [5.74, 6) is -0.448. The summed E-state index contributed by atoms with van der Waals surface area (Å²) in [7, 11) is 0. The van der Waals surface area contributed by atoms with E-state index in [0.29, 0.717) is 10.6 Å². The Kier molecular flexibility index (Phi) is 4.64. The van der Waals surface area contributed by atoms with Crippen LogP contribution in [0.1, 0.15) is 11.7 Å². The monoisotopic (exact) mass is 299 g/mol. The van der Waals surface area contributed by atoms with Gasteiger partial charge in [0.1, 0.15) is 5.82 Å². The van der Waals surface area contributed by atoms with Crippen LogP contribution in [0.25, 0.3) is 0 Å². The van der Waals surface area contributed by atoms with Crippen molar-refractivity contribution < 1.29 is 9.50 Å². The van der Waals surface area contributed by atoms with Crippen molar-refractivity contribution in [2.24, 2.45) is 0 Å². The van der Waals surface area contributed by atoms with Gasteiger partial charge in [0.15, 0.2) is 0 Å². The first-order valence-corrected chi connectivity index (χ1v) is 6.45. The highest BCUT2D eigenvalue weighted by atomic mass is 35.5. The molecule has 2 nitrogen and oxygen atoms in total. The van der Waals surface area contributed by atoms with Gasteiger partial charge in [-0.25, -0.2) is 4.39 Å². The molecule has 0 bridgehead atoms. The number of benzene rings is 2. The Morgan fingerprint density at radius 3 is 2.42 bits per heavy atom. The zero-order valence-electron chi connectivity index (χ0n) is 9.91. The quantitative estimate of drug-likeness (QED) is 0.883. The highest BCUT2D eigenvalue weighted by Crippen LogP contribution is 2.25. The van der Waals surface area contributed by atoms with Gasteiger partial charge in [0.25, 0.3) is 0 Å². The molecule has 5 heteroatoms. The number of anilines is 1. The highest BCUT2D eigenvalue weighted by Gasteiger charge is 2.11. The highest BCUT2D eigenvalue weighted by molar-refractivity contribution is 6.33. The van der Waals surface area contributed by atoms with Crippen LogP contribution in [-0.2, 0) is 0 Å². The van der Waals surface area contributed by atoms with E-state index >= 15 is 0 Å². The maximum atomic E-state index is 13.5. The fourth-order valence-corrected chi connectivity index (χ4v) is 2.02. The number of hydrogen-bond donors (Lipinski definition) is 2. The van der Waals surface area contributed by atoms with Crippen LogP contribution in [0.3, 0.4) is 0 Å². The van der Waals surface area contributed by atoms with Gasteiger partial charge in [0.05, 0.1) is 16.8 Å². The molecule has 0 aliphatic rings. The van der Waals surface area contributed by atoms with E-state index in [1.54, 1.807) is 30.3 Å². The second kappa shape index (κ2) is 6.24. The summed E-state index contributed by atoms with van der Waals surface area (Å²) in [4.78, 5) is 0. The van der Waals surface area contributed by atoms with E-state index in [2.05, 4.69) is 5.32 Å². The first kappa shape index (κ1) is 14.1. The molecule has 0 radical (unpaired) electrons. The van der Waals surface area contributed by atoms with Gasteiger partial charge >= 0.3 is 0 Å². The smallest absolute Gasteiger partial charge is 0.147 e. The van der Waals surface area contributed by atoms with Gasteiger partial charge in [0, 0.05) is 11.6 Å².